The summed E-state index contributed by atoms with van der Waals surface area (Å²) in [5, 5.41) is 1.15. The molecule has 0 spiro atoms. The number of benzene rings is 1. The molecule has 2 heterocycles. The fourth-order valence-corrected chi connectivity index (χ4v) is 3.95. The summed E-state index contributed by atoms with van der Waals surface area (Å²) in [6.07, 6.45) is 0.702. The lowest BCUT2D eigenvalue weighted by atomic mass is 10.2. The molecule has 1 aromatic carbocycles. The molecule has 0 aliphatic heterocycles. The van der Waals surface area contributed by atoms with Crippen LogP contribution >= 0.6 is 11.8 Å². The summed E-state index contributed by atoms with van der Waals surface area (Å²) in [4.78, 5) is 33.3. The molecule has 0 fully saturated rings. The van der Waals surface area contributed by atoms with Crippen molar-refractivity contribution in [1.29, 1.82) is 0 Å². The van der Waals surface area contributed by atoms with Crippen LogP contribution in [0.2, 0.25) is 0 Å². The van der Waals surface area contributed by atoms with Crippen molar-refractivity contribution in [3.8, 4) is 0 Å². The number of Topliss-reactive ketones (excluding diaryl/α,β-unsaturated/α-hetero) is 1. The fraction of sp³-hybridized carbons (Fsp3) is 0.350. The maximum atomic E-state index is 12.9. The maximum Gasteiger partial charge on any atom is 0.262 e. The van der Waals surface area contributed by atoms with E-state index in [1.807, 2.05) is 38.1 Å². The van der Waals surface area contributed by atoms with Crippen LogP contribution in [0.4, 0.5) is 0 Å². The van der Waals surface area contributed by atoms with Crippen LogP contribution in [-0.4, -0.2) is 39.8 Å². The lowest BCUT2D eigenvalue weighted by molar-refractivity contribution is 0.102. The van der Waals surface area contributed by atoms with E-state index in [1.165, 1.54) is 11.8 Å². The summed E-state index contributed by atoms with van der Waals surface area (Å²) in [5.74, 6) is 0.250. The van der Waals surface area contributed by atoms with E-state index in [-0.39, 0.29) is 17.1 Å². The molecule has 0 aliphatic rings. The Balaban J connectivity index is 1.89. The predicted molar refractivity (Wildman–Crippen MR) is 108 cm³/mol. The quantitative estimate of drug-likeness (QED) is 0.278. The lowest BCUT2D eigenvalue weighted by Crippen LogP contribution is -2.24. The Morgan fingerprint density at radius 2 is 2.07 bits per heavy atom. The minimum Gasteiger partial charge on any atom is -0.385 e. The smallest absolute Gasteiger partial charge is 0.262 e. The number of hydrogen-bond acceptors (Lipinski definition) is 5. The van der Waals surface area contributed by atoms with Gasteiger partial charge in [0.15, 0.2) is 10.9 Å². The molecule has 0 unspecified atom stereocenters. The van der Waals surface area contributed by atoms with E-state index in [9.17, 15) is 9.59 Å². The number of nitrogens with zero attached hydrogens (tertiary/aromatic N) is 2. The number of aryl methyl sites for hydroxylation is 2. The molecule has 0 amide bonds. The Bertz CT molecular complexity index is 1020. The summed E-state index contributed by atoms with van der Waals surface area (Å²) in [7, 11) is 1.64. The van der Waals surface area contributed by atoms with Crippen molar-refractivity contribution in [2.75, 3.05) is 19.5 Å². The van der Waals surface area contributed by atoms with E-state index < -0.39 is 0 Å². The molecule has 0 bridgehead atoms. The van der Waals surface area contributed by atoms with Gasteiger partial charge >= 0.3 is 0 Å². The molecule has 7 heteroatoms. The third kappa shape index (κ3) is 4.31. The number of hydrogen-bond donors (Lipinski definition) is 1. The van der Waals surface area contributed by atoms with Crippen molar-refractivity contribution in [3.63, 3.8) is 0 Å². The van der Waals surface area contributed by atoms with Gasteiger partial charge in [0.25, 0.3) is 5.56 Å². The van der Waals surface area contributed by atoms with Gasteiger partial charge in [-0.3, -0.25) is 14.2 Å². The number of ether oxygens (including phenoxy) is 1. The molecule has 3 rings (SSSR count). The number of H-pyrrole nitrogens is 1. The molecule has 0 atom stereocenters. The van der Waals surface area contributed by atoms with Crippen molar-refractivity contribution < 1.29 is 9.53 Å². The molecule has 142 valence electrons. The molecule has 2 aromatic heterocycles. The summed E-state index contributed by atoms with van der Waals surface area (Å²) in [6.45, 7) is 4.88. The average molecular weight is 385 g/mol. The van der Waals surface area contributed by atoms with Crippen molar-refractivity contribution in [2.45, 2.75) is 32.0 Å². The van der Waals surface area contributed by atoms with Gasteiger partial charge < -0.3 is 9.72 Å². The number of carbonyl (C=O) groups excluding carboxylic acids is 1. The van der Waals surface area contributed by atoms with Crippen LogP contribution in [0.25, 0.3) is 10.9 Å². The zero-order valence-corrected chi connectivity index (χ0v) is 16.6. The molecule has 0 radical (unpaired) electrons. The number of ketones is 1. The molecule has 0 aliphatic carbocycles. The second-order valence-corrected chi connectivity index (χ2v) is 7.36. The van der Waals surface area contributed by atoms with Gasteiger partial charge in [0, 0.05) is 37.2 Å². The van der Waals surface area contributed by atoms with E-state index >= 15 is 0 Å². The van der Waals surface area contributed by atoms with Crippen LogP contribution in [0.1, 0.15) is 28.2 Å². The molecule has 0 saturated heterocycles. The SMILES string of the molecule is COCCCn1c(SCC(=O)c2cc(C)[nH]c2C)nc2ccccc2c1=O. The monoisotopic (exact) mass is 385 g/mol. The van der Waals surface area contributed by atoms with Crippen molar-refractivity contribution in [1.82, 2.24) is 14.5 Å². The van der Waals surface area contributed by atoms with E-state index in [4.69, 9.17) is 4.74 Å². The largest absolute Gasteiger partial charge is 0.385 e. The topological polar surface area (TPSA) is 77.0 Å². The third-order valence-corrected chi connectivity index (χ3v) is 5.32. The molecule has 6 nitrogen and oxygen atoms in total. The van der Waals surface area contributed by atoms with Crippen LogP contribution in [0, 0.1) is 13.8 Å². The van der Waals surface area contributed by atoms with Crippen LogP contribution in [-0.2, 0) is 11.3 Å². The normalized spacial score (nSPS) is 11.2. The van der Waals surface area contributed by atoms with E-state index in [0.717, 1.165) is 11.4 Å². The molecule has 27 heavy (non-hydrogen) atoms. The first kappa shape index (κ1) is 19.4. The summed E-state index contributed by atoms with van der Waals surface area (Å²) in [5.41, 5.74) is 3.08. The molecule has 0 saturated carbocycles. The zero-order valence-electron chi connectivity index (χ0n) is 15.7. The van der Waals surface area contributed by atoms with Crippen LogP contribution in [0.5, 0.6) is 0 Å². The van der Waals surface area contributed by atoms with Gasteiger partial charge in [-0.15, -0.1) is 0 Å². The number of carbonyl (C=O) groups is 1. The number of thioether (sulfide) groups is 1. The van der Waals surface area contributed by atoms with Gasteiger partial charge in [0.05, 0.1) is 16.7 Å². The highest BCUT2D eigenvalue weighted by Crippen LogP contribution is 2.21. The highest BCUT2D eigenvalue weighted by molar-refractivity contribution is 7.99. The van der Waals surface area contributed by atoms with Crippen molar-refractivity contribution in [3.05, 3.63) is 57.6 Å². The lowest BCUT2D eigenvalue weighted by Gasteiger charge is -2.12. The number of methoxy groups -OCH3 is 1. The Kier molecular flexibility index (Phi) is 6.13. The van der Waals surface area contributed by atoms with E-state index in [0.29, 0.717) is 41.2 Å². The Morgan fingerprint density at radius 3 is 2.78 bits per heavy atom. The Hall–Kier alpha value is -2.38. The number of nitrogens with one attached hydrogen (secondary N) is 1. The van der Waals surface area contributed by atoms with E-state index in [2.05, 4.69) is 9.97 Å². The van der Waals surface area contributed by atoms with Crippen molar-refractivity contribution in [2.24, 2.45) is 0 Å². The highest BCUT2D eigenvalue weighted by atomic mass is 32.2. The standard InChI is InChI=1S/C20H23N3O3S/c1-13-11-16(14(2)21-13)18(24)12-27-20-22-17-8-5-4-7-15(17)19(25)23(20)9-6-10-26-3/h4-5,7-8,11,21H,6,9-10,12H2,1-3H3. The number of fused-ring (bicyclic) bond motifs is 1. The molecular formula is C20H23N3O3S. The Labute approximate surface area is 162 Å². The molecule has 1 N–H and O–H groups in total. The van der Waals surface area contributed by atoms with Gasteiger partial charge in [-0.2, -0.15) is 0 Å². The van der Waals surface area contributed by atoms with Gasteiger partial charge in [-0.05, 0) is 38.5 Å². The second-order valence-electron chi connectivity index (χ2n) is 6.42. The summed E-state index contributed by atoms with van der Waals surface area (Å²) >= 11 is 1.30. The van der Waals surface area contributed by atoms with Gasteiger partial charge in [0.1, 0.15) is 0 Å². The number of rotatable bonds is 8. The fourth-order valence-electron chi connectivity index (χ4n) is 3.04. The van der Waals surface area contributed by atoms with Crippen LogP contribution in [0.3, 0.4) is 0 Å². The van der Waals surface area contributed by atoms with Gasteiger partial charge in [-0.25, -0.2) is 4.98 Å². The third-order valence-electron chi connectivity index (χ3n) is 4.34. The molecule has 3 aromatic rings. The first-order valence-electron chi connectivity index (χ1n) is 8.82. The summed E-state index contributed by atoms with van der Waals surface area (Å²) < 4.78 is 6.75. The maximum absolute atomic E-state index is 12.9. The highest BCUT2D eigenvalue weighted by Gasteiger charge is 2.16. The first-order chi connectivity index (χ1) is 13.0. The minimum atomic E-state index is -0.0830. The van der Waals surface area contributed by atoms with Crippen molar-refractivity contribution >= 4 is 28.4 Å². The van der Waals surface area contributed by atoms with Gasteiger partial charge in [-0.1, -0.05) is 23.9 Å². The number of para-hydroxylation sites is 1. The summed E-state index contributed by atoms with van der Waals surface area (Å²) in [6, 6.07) is 9.15. The molecular weight excluding hydrogens is 362 g/mol. The van der Waals surface area contributed by atoms with Gasteiger partial charge in [0.2, 0.25) is 0 Å². The predicted octanol–water partition coefficient (Wildman–Crippen LogP) is 3.35. The minimum absolute atomic E-state index is 0.0210. The number of aromatic nitrogens is 3. The van der Waals surface area contributed by atoms with Crippen LogP contribution < -0.4 is 5.56 Å². The Morgan fingerprint density at radius 1 is 1.30 bits per heavy atom. The van der Waals surface area contributed by atoms with E-state index in [1.54, 1.807) is 17.7 Å². The zero-order chi connectivity index (χ0) is 19.4. The second kappa shape index (κ2) is 8.54. The number of aromatic amines is 1. The van der Waals surface area contributed by atoms with Crippen LogP contribution in [0.15, 0.2) is 40.3 Å². The average Bonchev–Trinajstić information content (AvgIpc) is 3.00. The first-order valence-corrected chi connectivity index (χ1v) is 9.80.